The molecule has 0 aliphatic heterocycles. The van der Waals surface area contributed by atoms with Gasteiger partial charge in [0.15, 0.2) is 11.8 Å². The summed E-state index contributed by atoms with van der Waals surface area (Å²) in [5.41, 5.74) is 0. The smallest absolute Gasteiger partial charge is 0.223 e. The van der Waals surface area contributed by atoms with E-state index in [0.717, 1.165) is 74.9 Å². The van der Waals surface area contributed by atoms with Gasteiger partial charge in [0.1, 0.15) is 12.4 Å². The standard InChI is InChI=1S/C20H35N7OS.HI/c1-14-25-26-18(27(14)2)13-22-20(21-10-5-11-29-3)24-17-7-4-6-15(12-17)19(28)23-16-8-9-16;/h15-17H,4-13H2,1-3H3,(H,23,28)(H2,21,22,24);1H. The summed E-state index contributed by atoms with van der Waals surface area (Å²) < 4.78 is 1.97. The highest BCUT2D eigenvalue weighted by atomic mass is 127. The fraction of sp³-hybridized carbons (Fsp3) is 0.800. The number of carbonyl (C=O) groups excluding carboxylic acids is 1. The molecule has 0 spiro atoms. The Morgan fingerprint density at radius 2 is 2.00 bits per heavy atom. The summed E-state index contributed by atoms with van der Waals surface area (Å²) in [7, 11) is 1.96. The molecule has 0 aromatic carbocycles. The molecular weight excluding hydrogens is 513 g/mol. The highest BCUT2D eigenvalue weighted by Gasteiger charge is 2.31. The number of nitrogens with zero attached hydrogens (tertiary/aromatic N) is 4. The van der Waals surface area contributed by atoms with Gasteiger partial charge in [-0.15, -0.1) is 34.2 Å². The van der Waals surface area contributed by atoms with Crippen molar-refractivity contribution in [1.29, 1.82) is 0 Å². The molecule has 1 aromatic rings. The number of thioether (sulfide) groups is 1. The normalized spacial score (nSPS) is 21.6. The molecule has 1 aromatic heterocycles. The van der Waals surface area contributed by atoms with Gasteiger partial charge in [0.2, 0.25) is 5.91 Å². The second kappa shape index (κ2) is 12.7. The Kier molecular flexibility index (Phi) is 10.7. The van der Waals surface area contributed by atoms with Crippen LogP contribution in [0, 0.1) is 12.8 Å². The van der Waals surface area contributed by atoms with E-state index in [1.807, 2.05) is 30.3 Å². The van der Waals surface area contributed by atoms with Gasteiger partial charge in [-0.1, -0.05) is 6.42 Å². The SMILES string of the molecule is CSCCCNC(=NCc1nnc(C)n1C)NC1CCCC(C(=O)NC2CC2)C1.I. The first kappa shape index (κ1) is 25.2. The number of amides is 1. The minimum Gasteiger partial charge on any atom is -0.356 e. The molecule has 3 rings (SSSR count). The van der Waals surface area contributed by atoms with E-state index >= 15 is 0 Å². The maximum absolute atomic E-state index is 12.5. The van der Waals surface area contributed by atoms with Crippen molar-refractivity contribution < 1.29 is 4.79 Å². The number of aryl methyl sites for hydroxylation is 1. The Bertz CT molecular complexity index is 707. The van der Waals surface area contributed by atoms with E-state index in [4.69, 9.17) is 4.99 Å². The first-order valence-electron chi connectivity index (χ1n) is 10.8. The summed E-state index contributed by atoms with van der Waals surface area (Å²) in [5, 5.41) is 18.5. The molecule has 2 atom stereocenters. The topological polar surface area (TPSA) is 96.2 Å². The number of guanidine groups is 1. The minimum atomic E-state index is 0. The third-order valence-electron chi connectivity index (χ3n) is 5.69. The molecule has 0 saturated heterocycles. The van der Waals surface area contributed by atoms with Crippen molar-refractivity contribution in [2.75, 3.05) is 18.6 Å². The van der Waals surface area contributed by atoms with E-state index in [9.17, 15) is 4.79 Å². The number of hydrogen-bond acceptors (Lipinski definition) is 5. The molecule has 10 heteroatoms. The van der Waals surface area contributed by atoms with Gasteiger partial charge in [0, 0.05) is 31.6 Å². The van der Waals surface area contributed by atoms with E-state index in [2.05, 4.69) is 32.4 Å². The Balaban J connectivity index is 0.00000320. The van der Waals surface area contributed by atoms with Gasteiger partial charge >= 0.3 is 0 Å². The molecule has 30 heavy (non-hydrogen) atoms. The van der Waals surface area contributed by atoms with Crippen molar-refractivity contribution in [3.63, 3.8) is 0 Å². The number of aromatic nitrogens is 3. The van der Waals surface area contributed by atoms with Gasteiger partial charge in [-0.2, -0.15) is 11.8 Å². The highest BCUT2D eigenvalue weighted by molar-refractivity contribution is 14.0. The molecule has 0 bridgehead atoms. The van der Waals surface area contributed by atoms with Crippen LogP contribution >= 0.6 is 35.7 Å². The summed E-state index contributed by atoms with van der Waals surface area (Å²) in [4.78, 5) is 17.2. The lowest BCUT2D eigenvalue weighted by Crippen LogP contribution is -2.47. The predicted octanol–water partition coefficient (Wildman–Crippen LogP) is 2.37. The van der Waals surface area contributed by atoms with Gasteiger partial charge in [-0.25, -0.2) is 4.99 Å². The van der Waals surface area contributed by atoms with E-state index in [1.165, 1.54) is 0 Å². The molecule has 1 amide bonds. The maximum atomic E-state index is 12.5. The van der Waals surface area contributed by atoms with Crippen LogP contribution in [0.25, 0.3) is 0 Å². The highest BCUT2D eigenvalue weighted by Crippen LogP contribution is 2.26. The predicted molar refractivity (Wildman–Crippen MR) is 133 cm³/mol. The minimum absolute atomic E-state index is 0. The van der Waals surface area contributed by atoms with Crippen molar-refractivity contribution in [2.45, 2.75) is 70.5 Å². The van der Waals surface area contributed by atoms with Crippen molar-refractivity contribution in [1.82, 2.24) is 30.7 Å². The molecule has 170 valence electrons. The number of aliphatic imine (C=N–C) groups is 1. The van der Waals surface area contributed by atoms with E-state index in [-0.39, 0.29) is 41.8 Å². The van der Waals surface area contributed by atoms with Gasteiger partial charge in [-0.05, 0) is 57.5 Å². The summed E-state index contributed by atoms with van der Waals surface area (Å²) in [6.45, 7) is 3.30. The molecule has 3 N–H and O–H groups in total. The maximum Gasteiger partial charge on any atom is 0.223 e. The van der Waals surface area contributed by atoms with Crippen molar-refractivity contribution >= 4 is 47.6 Å². The van der Waals surface area contributed by atoms with Crippen LogP contribution < -0.4 is 16.0 Å². The fourth-order valence-electron chi connectivity index (χ4n) is 3.61. The summed E-state index contributed by atoms with van der Waals surface area (Å²) in [6, 6.07) is 0.702. The Labute approximate surface area is 201 Å². The van der Waals surface area contributed by atoms with Crippen LogP contribution in [0.4, 0.5) is 0 Å². The lowest BCUT2D eigenvalue weighted by Gasteiger charge is -2.30. The largest absolute Gasteiger partial charge is 0.356 e. The third kappa shape index (κ3) is 7.90. The molecule has 0 radical (unpaired) electrons. The van der Waals surface area contributed by atoms with Crippen LogP contribution in [0.5, 0.6) is 0 Å². The van der Waals surface area contributed by atoms with Crippen molar-refractivity contribution in [2.24, 2.45) is 18.0 Å². The number of halogens is 1. The fourth-order valence-corrected chi connectivity index (χ4v) is 4.05. The average Bonchev–Trinajstić information content (AvgIpc) is 3.48. The summed E-state index contributed by atoms with van der Waals surface area (Å²) >= 11 is 1.85. The first-order chi connectivity index (χ1) is 14.1. The molecular formula is C20H36IN7OS. The number of rotatable bonds is 9. The molecule has 2 aliphatic carbocycles. The number of carbonyl (C=O) groups is 1. The monoisotopic (exact) mass is 549 g/mol. The van der Waals surface area contributed by atoms with E-state index in [0.29, 0.717) is 12.6 Å². The zero-order chi connectivity index (χ0) is 20.6. The first-order valence-corrected chi connectivity index (χ1v) is 12.1. The molecule has 2 aliphatic rings. The summed E-state index contributed by atoms with van der Waals surface area (Å²) in [6.07, 6.45) is 9.48. The van der Waals surface area contributed by atoms with Crippen LogP contribution in [0.3, 0.4) is 0 Å². The van der Waals surface area contributed by atoms with E-state index in [1.54, 1.807) is 0 Å². The molecule has 2 fully saturated rings. The molecule has 2 unspecified atom stereocenters. The second-order valence-corrected chi connectivity index (χ2v) is 9.13. The van der Waals surface area contributed by atoms with Crippen LogP contribution in [0.15, 0.2) is 4.99 Å². The van der Waals surface area contributed by atoms with Crippen LogP contribution in [0.2, 0.25) is 0 Å². The van der Waals surface area contributed by atoms with Crippen molar-refractivity contribution in [3.05, 3.63) is 11.6 Å². The molecule has 8 nitrogen and oxygen atoms in total. The van der Waals surface area contributed by atoms with Crippen LogP contribution in [-0.4, -0.2) is 57.3 Å². The zero-order valence-electron chi connectivity index (χ0n) is 18.3. The third-order valence-corrected chi connectivity index (χ3v) is 6.39. The van der Waals surface area contributed by atoms with Gasteiger partial charge < -0.3 is 20.5 Å². The van der Waals surface area contributed by atoms with E-state index < -0.39 is 0 Å². The molecule has 1 heterocycles. The van der Waals surface area contributed by atoms with Crippen LogP contribution in [-0.2, 0) is 18.4 Å². The Morgan fingerprint density at radius 1 is 1.20 bits per heavy atom. The van der Waals surface area contributed by atoms with Gasteiger partial charge in [-0.3, -0.25) is 4.79 Å². The van der Waals surface area contributed by atoms with Crippen molar-refractivity contribution in [3.8, 4) is 0 Å². The second-order valence-electron chi connectivity index (χ2n) is 8.15. The molecule has 2 saturated carbocycles. The quantitative estimate of drug-likeness (QED) is 0.190. The van der Waals surface area contributed by atoms with Crippen LogP contribution in [0.1, 0.15) is 56.6 Å². The lowest BCUT2D eigenvalue weighted by molar-refractivity contribution is -0.126. The Hall–Kier alpha value is -1.04. The van der Waals surface area contributed by atoms with Gasteiger partial charge in [0.05, 0.1) is 0 Å². The number of nitrogens with one attached hydrogen (secondary N) is 3. The lowest BCUT2D eigenvalue weighted by atomic mass is 9.85. The number of hydrogen-bond donors (Lipinski definition) is 3. The zero-order valence-corrected chi connectivity index (χ0v) is 21.5. The average molecular weight is 550 g/mol. The summed E-state index contributed by atoms with van der Waals surface area (Å²) in [5.74, 6) is 4.00. The Morgan fingerprint density at radius 3 is 2.67 bits per heavy atom. The van der Waals surface area contributed by atoms with Gasteiger partial charge in [0.25, 0.3) is 0 Å².